The van der Waals surface area contributed by atoms with Gasteiger partial charge in [-0.3, -0.25) is 4.79 Å². The highest BCUT2D eigenvalue weighted by molar-refractivity contribution is 6.01. The number of nitrogens with one attached hydrogen (secondary N) is 1. The molecule has 1 aromatic carbocycles. The molecule has 110 valence electrons. The summed E-state index contributed by atoms with van der Waals surface area (Å²) in [6.45, 7) is 5.17. The van der Waals surface area contributed by atoms with E-state index in [9.17, 15) is 9.70 Å². The zero-order valence-electron chi connectivity index (χ0n) is 12.2. The number of piperazine rings is 1. The fraction of sp³-hybridized carbons (Fsp3) is 0.400. The van der Waals surface area contributed by atoms with Crippen molar-refractivity contribution in [1.82, 2.24) is 14.8 Å². The van der Waals surface area contributed by atoms with E-state index in [0.717, 1.165) is 42.6 Å². The van der Waals surface area contributed by atoms with Crippen molar-refractivity contribution in [2.45, 2.75) is 6.92 Å². The molecule has 3 rings (SSSR count). The fourth-order valence-electron chi connectivity index (χ4n) is 2.75. The number of nitrogens with zero attached hydrogens (tertiary/aromatic N) is 3. The van der Waals surface area contributed by atoms with Crippen molar-refractivity contribution in [3.63, 3.8) is 0 Å². The number of hydrogen-bond acceptors (Lipinski definition) is 4. The van der Waals surface area contributed by atoms with Gasteiger partial charge in [-0.25, -0.2) is 0 Å². The lowest BCUT2D eigenvalue weighted by molar-refractivity contribution is 0.0658. The molecule has 2 heterocycles. The van der Waals surface area contributed by atoms with Crippen molar-refractivity contribution in [2.24, 2.45) is 5.18 Å². The van der Waals surface area contributed by atoms with Gasteiger partial charge < -0.3 is 14.8 Å². The van der Waals surface area contributed by atoms with Crippen LogP contribution >= 0.6 is 0 Å². The minimum absolute atomic E-state index is 0.0254. The van der Waals surface area contributed by atoms with Crippen molar-refractivity contribution in [2.75, 3.05) is 33.2 Å². The van der Waals surface area contributed by atoms with E-state index in [2.05, 4.69) is 22.1 Å². The van der Waals surface area contributed by atoms with Crippen LogP contribution in [-0.2, 0) is 0 Å². The minimum Gasteiger partial charge on any atom is -0.350 e. The minimum atomic E-state index is 0.0254. The molecular formula is C15H18N4O2. The number of aromatic amines is 1. The maximum atomic E-state index is 12.6. The monoisotopic (exact) mass is 286 g/mol. The van der Waals surface area contributed by atoms with E-state index in [4.69, 9.17) is 0 Å². The molecule has 0 saturated carbocycles. The number of carbonyl (C=O) groups excluding carboxylic acids is 1. The summed E-state index contributed by atoms with van der Waals surface area (Å²) in [5, 5.41) is 3.83. The smallest absolute Gasteiger partial charge is 0.270 e. The van der Waals surface area contributed by atoms with Crippen molar-refractivity contribution < 1.29 is 4.79 Å². The molecule has 2 aromatic rings. The highest BCUT2D eigenvalue weighted by atomic mass is 16.3. The van der Waals surface area contributed by atoms with Crippen molar-refractivity contribution >= 4 is 22.5 Å². The van der Waals surface area contributed by atoms with Crippen molar-refractivity contribution in [3.8, 4) is 0 Å². The van der Waals surface area contributed by atoms with Crippen LogP contribution in [0.3, 0.4) is 0 Å². The average Bonchev–Trinajstić information content (AvgIpc) is 2.84. The summed E-state index contributed by atoms with van der Waals surface area (Å²) in [6.07, 6.45) is 0. The second-order valence-electron chi connectivity index (χ2n) is 5.54. The number of benzene rings is 1. The number of aromatic nitrogens is 1. The molecule has 1 aliphatic rings. The van der Waals surface area contributed by atoms with Crippen LogP contribution in [0.15, 0.2) is 23.4 Å². The van der Waals surface area contributed by atoms with Gasteiger partial charge >= 0.3 is 0 Å². The van der Waals surface area contributed by atoms with Crippen LogP contribution in [-0.4, -0.2) is 53.9 Å². The summed E-state index contributed by atoms with van der Waals surface area (Å²) < 4.78 is 0. The molecule has 0 bridgehead atoms. The molecule has 1 amide bonds. The summed E-state index contributed by atoms with van der Waals surface area (Å²) in [5.41, 5.74) is 2.72. The van der Waals surface area contributed by atoms with Gasteiger partial charge in [0.05, 0.1) is 0 Å². The zero-order valence-corrected chi connectivity index (χ0v) is 12.2. The van der Waals surface area contributed by atoms with Gasteiger partial charge in [0.1, 0.15) is 11.4 Å². The molecule has 1 saturated heterocycles. The number of hydrogen-bond donors (Lipinski definition) is 1. The maximum Gasteiger partial charge on any atom is 0.270 e. The summed E-state index contributed by atoms with van der Waals surface area (Å²) in [5.74, 6) is 0.0254. The van der Waals surface area contributed by atoms with Crippen molar-refractivity contribution in [3.05, 3.63) is 34.4 Å². The number of amides is 1. The number of nitroso groups, excluding NO2 is 1. The molecule has 6 nitrogen and oxygen atoms in total. The Balaban J connectivity index is 1.94. The Bertz CT molecular complexity index is 699. The second kappa shape index (κ2) is 5.29. The van der Waals surface area contributed by atoms with Gasteiger partial charge in [-0.05, 0) is 42.9 Å². The first-order valence-corrected chi connectivity index (χ1v) is 7.03. The van der Waals surface area contributed by atoms with Crippen LogP contribution in [0.2, 0.25) is 0 Å². The van der Waals surface area contributed by atoms with Gasteiger partial charge in [0, 0.05) is 37.1 Å². The normalized spacial score (nSPS) is 16.4. The van der Waals surface area contributed by atoms with Gasteiger partial charge in [0.15, 0.2) is 0 Å². The van der Waals surface area contributed by atoms with E-state index in [-0.39, 0.29) is 5.91 Å². The Morgan fingerprint density at radius 2 is 1.95 bits per heavy atom. The molecular weight excluding hydrogens is 268 g/mol. The number of aryl methyl sites for hydroxylation is 1. The summed E-state index contributed by atoms with van der Waals surface area (Å²) >= 11 is 0. The average molecular weight is 286 g/mol. The largest absolute Gasteiger partial charge is 0.350 e. The Morgan fingerprint density at radius 3 is 2.62 bits per heavy atom. The molecule has 0 unspecified atom stereocenters. The Labute approximate surface area is 122 Å². The number of likely N-dealkylation sites (N-methyl/N-ethyl adjacent to an activating group) is 1. The van der Waals surface area contributed by atoms with Crippen LogP contribution in [0.5, 0.6) is 0 Å². The third-order valence-corrected chi connectivity index (χ3v) is 4.15. The molecule has 1 aliphatic heterocycles. The lowest BCUT2D eigenvalue weighted by atomic mass is 10.1. The second-order valence-corrected chi connectivity index (χ2v) is 5.54. The molecule has 0 aliphatic carbocycles. The number of fused-ring (bicyclic) bond motifs is 1. The maximum absolute atomic E-state index is 12.6. The van der Waals surface area contributed by atoms with Gasteiger partial charge in [0.25, 0.3) is 5.91 Å². The van der Waals surface area contributed by atoms with Crippen LogP contribution in [0.25, 0.3) is 10.9 Å². The molecule has 0 radical (unpaired) electrons. The third kappa shape index (κ3) is 2.42. The lowest BCUT2D eigenvalue weighted by Gasteiger charge is -2.32. The molecule has 1 aromatic heterocycles. The fourth-order valence-corrected chi connectivity index (χ4v) is 2.75. The van der Waals surface area contributed by atoms with E-state index in [1.807, 2.05) is 11.8 Å². The zero-order chi connectivity index (χ0) is 15.0. The highest BCUT2D eigenvalue weighted by Gasteiger charge is 2.23. The van der Waals surface area contributed by atoms with E-state index >= 15 is 0 Å². The number of carbonyl (C=O) groups is 1. The summed E-state index contributed by atoms with van der Waals surface area (Å²) in [7, 11) is 2.06. The Morgan fingerprint density at radius 1 is 1.24 bits per heavy atom. The van der Waals surface area contributed by atoms with Gasteiger partial charge in [-0.1, -0.05) is 0 Å². The third-order valence-electron chi connectivity index (χ3n) is 4.15. The van der Waals surface area contributed by atoms with E-state index in [0.29, 0.717) is 11.4 Å². The SMILES string of the molecule is Cc1c(C(=O)N2CCN(C)CC2)[nH]c2ccc(N=O)cc12. The Kier molecular flexibility index (Phi) is 3.47. The molecule has 0 atom stereocenters. The van der Waals surface area contributed by atoms with E-state index in [1.165, 1.54) is 0 Å². The van der Waals surface area contributed by atoms with Crippen LogP contribution in [0.1, 0.15) is 16.1 Å². The predicted molar refractivity (Wildman–Crippen MR) is 81.9 cm³/mol. The molecule has 21 heavy (non-hydrogen) atoms. The lowest BCUT2D eigenvalue weighted by Crippen LogP contribution is -2.47. The van der Waals surface area contributed by atoms with Crippen molar-refractivity contribution in [1.29, 1.82) is 0 Å². The van der Waals surface area contributed by atoms with Crippen LogP contribution in [0.4, 0.5) is 5.69 Å². The first-order chi connectivity index (χ1) is 10.1. The standard InChI is InChI=1S/C15H18N4O2/c1-10-12-9-11(17-21)3-4-13(12)16-14(10)15(20)19-7-5-18(2)6-8-19/h3-4,9,16H,5-8H2,1-2H3. The van der Waals surface area contributed by atoms with E-state index in [1.54, 1.807) is 18.2 Å². The molecule has 6 heteroatoms. The Hall–Kier alpha value is -2.21. The topological polar surface area (TPSA) is 68.8 Å². The predicted octanol–water partition coefficient (Wildman–Crippen LogP) is 2.26. The van der Waals surface area contributed by atoms with Crippen LogP contribution in [0, 0.1) is 11.8 Å². The summed E-state index contributed by atoms with van der Waals surface area (Å²) in [6, 6.07) is 5.16. The van der Waals surface area contributed by atoms with Gasteiger partial charge in [0.2, 0.25) is 0 Å². The molecule has 1 N–H and O–H groups in total. The molecule has 1 fully saturated rings. The summed E-state index contributed by atoms with van der Waals surface area (Å²) in [4.78, 5) is 30.5. The number of H-pyrrole nitrogens is 1. The number of rotatable bonds is 2. The molecule has 0 spiro atoms. The first-order valence-electron chi connectivity index (χ1n) is 7.03. The highest BCUT2D eigenvalue weighted by Crippen LogP contribution is 2.27. The van der Waals surface area contributed by atoms with Gasteiger partial charge in [-0.2, -0.15) is 0 Å². The quantitative estimate of drug-likeness (QED) is 0.861. The van der Waals surface area contributed by atoms with E-state index < -0.39 is 0 Å². The van der Waals surface area contributed by atoms with Gasteiger partial charge in [-0.15, -0.1) is 4.91 Å². The first kappa shape index (κ1) is 13.8. The van der Waals surface area contributed by atoms with Crippen LogP contribution < -0.4 is 0 Å².